The number of carbonyl (C=O) groups is 2. The fourth-order valence-electron chi connectivity index (χ4n) is 2.87. The second-order valence-corrected chi connectivity index (χ2v) is 18.8. The summed E-state index contributed by atoms with van der Waals surface area (Å²) in [5, 5.41) is 3.40. The lowest BCUT2D eigenvalue weighted by Crippen LogP contribution is -2.48. The Hall–Kier alpha value is -1.96. The van der Waals surface area contributed by atoms with Gasteiger partial charge in [0.2, 0.25) is 5.91 Å². The zero-order valence-corrected chi connectivity index (χ0v) is 18.7. The van der Waals surface area contributed by atoms with Crippen molar-refractivity contribution >= 4 is 34.0 Å². The Morgan fingerprint density at radius 2 is 1.58 bits per heavy atom. The Morgan fingerprint density at radius 3 is 1.96 bits per heavy atom. The van der Waals surface area contributed by atoms with Gasteiger partial charge in [-0.25, -0.2) is 9.59 Å². The van der Waals surface area contributed by atoms with Crippen molar-refractivity contribution in [2.24, 2.45) is 0 Å². The lowest BCUT2D eigenvalue weighted by molar-refractivity contribution is -0.145. The molecular weight excluding hydrogens is 362 g/mol. The first kappa shape index (κ1) is 22.1. The Balaban J connectivity index is 3.30. The summed E-state index contributed by atoms with van der Waals surface area (Å²) >= 11 is 0. The maximum atomic E-state index is 13.2. The zero-order chi connectivity index (χ0) is 20.1. The molecular formula is C19H29NO4Si2. The molecule has 2 atom stereocenters. The largest absolute Gasteiger partial charge is 0.467 e. The van der Waals surface area contributed by atoms with Crippen LogP contribution in [0.1, 0.15) is 11.6 Å². The normalized spacial score (nSPS) is 14.0. The molecule has 1 unspecified atom stereocenters. The minimum Gasteiger partial charge on any atom is -0.467 e. The predicted molar refractivity (Wildman–Crippen MR) is 109 cm³/mol. The zero-order valence-electron chi connectivity index (χ0n) is 16.7. The highest BCUT2D eigenvalue weighted by Crippen LogP contribution is 2.35. The molecule has 0 aromatic heterocycles. The summed E-state index contributed by atoms with van der Waals surface area (Å²) in [6.45, 7) is 12.2. The van der Waals surface area contributed by atoms with Crippen molar-refractivity contribution in [3.05, 3.63) is 41.1 Å². The molecule has 0 saturated carbocycles. The topological polar surface area (TPSA) is 72.5 Å². The Morgan fingerprint density at radius 1 is 1.04 bits per heavy atom. The number of hydrogen-bond acceptors (Lipinski definition) is 4. The Labute approximate surface area is 157 Å². The molecule has 0 aliphatic rings. The number of nitrogens with one attached hydrogen (secondary N) is 1. The van der Waals surface area contributed by atoms with Gasteiger partial charge in [-0.2, -0.15) is 0 Å². The van der Waals surface area contributed by atoms with Gasteiger partial charge in [-0.05, 0) is 5.56 Å². The highest BCUT2D eigenvalue weighted by Gasteiger charge is 2.43. The van der Waals surface area contributed by atoms with Crippen molar-refractivity contribution in [3.8, 4) is 0 Å². The van der Waals surface area contributed by atoms with Crippen LogP contribution in [0.4, 0.5) is 0 Å². The molecule has 1 amide bonds. The van der Waals surface area contributed by atoms with Gasteiger partial charge in [-0.15, -0.1) is 0 Å². The van der Waals surface area contributed by atoms with Crippen molar-refractivity contribution < 1.29 is 19.1 Å². The van der Waals surface area contributed by atoms with E-state index in [4.69, 9.17) is 4.74 Å². The molecule has 0 aliphatic carbocycles. The van der Waals surface area contributed by atoms with E-state index in [0.29, 0.717) is 10.8 Å². The molecule has 1 aromatic carbocycles. The van der Waals surface area contributed by atoms with Gasteiger partial charge in [-0.3, -0.25) is 4.79 Å². The minimum absolute atomic E-state index is 0.302. The van der Waals surface area contributed by atoms with Crippen molar-refractivity contribution in [1.29, 1.82) is 0 Å². The first-order valence-corrected chi connectivity index (χ1v) is 15.7. The molecule has 0 spiro atoms. The average Bonchev–Trinajstić information content (AvgIpc) is 2.55. The van der Waals surface area contributed by atoms with E-state index in [2.05, 4.69) is 11.3 Å². The number of rotatable bonds is 7. The molecule has 26 heavy (non-hydrogen) atoms. The van der Waals surface area contributed by atoms with Gasteiger partial charge in [0.1, 0.15) is 5.94 Å². The lowest BCUT2D eigenvalue weighted by Gasteiger charge is -2.34. The summed E-state index contributed by atoms with van der Waals surface area (Å²) in [6, 6.07) is 8.06. The highest BCUT2D eigenvalue weighted by molar-refractivity contribution is 6.90. The van der Waals surface area contributed by atoms with Gasteiger partial charge in [0.15, 0.2) is 6.04 Å². The van der Waals surface area contributed by atoms with Gasteiger partial charge in [0.05, 0.1) is 28.8 Å². The van der Waals surface area contributed by atoms with Crippen molar-refractivity contribution in [2.45, 2.75) is 50.9 Å². The van der Waals surface area contributed by atoms with Crippen LogP contribution < -0.4 is 5.32 Å². The molecule has 0 fully saturated rings. The van der Waals surface area contributed by atoms with E-state index in [1.807, 2.05) is 45.3 Å². The molecule has 1 rings (SSSR count). The van der Waals surface area contributed by atoms with E-state index in [9.17, 15) is 14.4 Å². The fraction of sp³-hybridized carbons (Fsp3) is 0.474. The quantitative estimate of drug-likeness (QED) is 0.439. The second-order valence-electron chi connectivity index (χ2n) is 8.44. The van der Waals surface area contributed by atoms with Crippen molar-refractivity contribution in [3.63, 3.8) is 0 Å². The van der Waals surface area contributed by atoms with Crippen LogP contribution in [0.2, 0.25) is 44.8 Å². The summed E-state index contributed by atoms with van der Waals surface area (Å²) in [6.07, 6.45) is 0. The van der Waals surface area contributed by atoms with Crippen molar-refractivity contribution in [1.82, 2.24) is 5.32 Å². The molecule has 0 radical (unpaired) electrons. The maximum Gasteiger partial charge on any atom is 0.333 e. The Kier molecular flexibility index (Phi) is 7.32. The van der Waals surface area contributed by atoms with Crippen LogP contribution in [0.15, 0.2) is 35.5 Å². The van der Waals surface area contributed by atoms with E-state index < -0.39 is 33.7 Å². The van der Waals surface area contributed by atoms with Crippen LogP contribution >= 0.6 is 0 Å². The van der Waals surface area contributed by atoms with Gasteiger partial charge in [-0.1, -0.05) is 69.6 Å². The van der Waals surface area contributed by atoms with Gasteiger partial charge >= 0.3 is 5.97 Å². The third kappa shape index (κ3) is 5.52. The number of ether oxygens (including phenoxy) is 1. The SMILES string of the molecule is COC(=O)[C@H](NC(=O)C(C(=C=O)[Si](C)(C)C)[Si](C)(C)C)c1ccccc1. The maximum absolute atomic E-state index is 13.2. The first-order valence-electron chi connectivity index (χ1n) is 8.62. The molecule has 142 valence electrons. The summed E-state index contributed by atoms with van der Waals surface area (Å²) in [4.78, 5) is 37.1. The van der Waals surface area contributed by atoms with Crippen molar-refractivity contribution in [2.75, 3.05) is 7.11 Å². The monoisotopic (exact) mass is 391 g/mol. The summed E-state index contributed by atoms with van der Waals surface area (Å²) in [7, 11) is -2.83. The highest BCUT2D eigenvalue weighted by atomic mass is 28.3. The van der Waals surface area contributed by atoms with E-state index in [0.717, 1.165) is 0 Å². The third-order valence-electron chi connectivity index (χ3n) is 4.19. The lowest BCUT2D eigenvalue weighted by atomic mass is 10.1. The smallest absolute Gasteiger partial charge is 0.333 e. The number of hydrogen-bond donors (Lipinski definition) is 1. The number of carbonyl (C=O) groups excluding carboxylic acids is 3. The average molecular weight is 392 g/mol. The third-order valence-corrected chi connectivity index (χ3v) is 8.77. The van der Waals surface area contributed by atoms with E-state index in [1.165, 1.54) is 7.11 Å². The summed E-state index contributed by atoms with van der Waals surface area (Å²) in [5.74, 6) is 1.23. The standard InChI is InChI=1S/C19H29NO4Si2/c1-24-19(23)16(14-11-9-8-10-12-14)20-18(22)17(26(5,6)7)15(13-21)25(2,3)4/h8-12,16-17H,1-7H3,(H,20,22)/t16-,17?/m1/s1. The van der Waals surface area contributed by atoms with Crippen LogP contribution in [0.3, 0.4) is 0 Å². The predicted octanol–water partition coefficient (Wildman–Crippen LogP) is 3.36. The fourth-order valence-corrected chi connectivity index (χ4v) is 8.57. The molecule has 0 saturated heterocycles. The molecule has 1 aromatic rings. The molecule has 0 bridgehead atoms. The minimum atomic E-state index is -2.09. The van der Waals surface area contributed by atoms with Gasteiger partial charge < -0.3 is 10.1 Å². The van der Waals surface area contributed by atoms with E-state index >= 15 is 0 Å². The number of benzene rings is 1. The van der Waals surface area contributed by atoms with E-state index in [-0.39, 0.29) is 5.91 Å². The van der Waals surface area contributed by atoms with Crippen LogP contribution in [-0.4, -0.2) is 41.1 Å². The molecule has 1 N–H and O–H groups in total. The molecule has 7 heteroatoms. The van der Waals surface area contributed by atoms with Crippen LogP contribution in [0.25, 0.3) is 0 Å². The molecule has 0 aliphatic heterocycles. The van der Waals surface area contributed by atoms with Crippen LogP contribution in [0.5, 0.6) is 0 Å². The van der Waals surface area contributed by atoms with Crippen LogP contribution in [-0.2, 0) is 19.1 Å². The second kappa shape index (κ2) is 8.62. The Bertz CT molecular complexity index is 698. The summed E-state index contributed by atoms with van der Waals surface area (Å²) < 4.78 is 4.87. The number of amides is 1. The van der Waals surface area contributed by atoms with Gasteiger partial charge in [0.25, 0.3) is 0 Å². The first-order chi connectivity index (χ1) is 11.9. The number of methoxy groups -OCH3 is 1. The van der Waals surface area contributed by atoms with Gasteiger partial charge in [0, 0.05) is 5.20 Å². The molecule has 0 heterocycles. The van der Waals surface area contributed by atoms with Crippen LogP contribution in [0, 0.1) is 0 Å². The molecule has 5 nitrogen and oxygen atoms in total. The number of esters is 1. The summed E-state index contributed by atoms with van der Waals surface area (Å²) in [5.41, 5.74) is 0.120. The van der Waals surface area contributed by atoms with E-state index in [1.54, 1.807) is 24.3 Å².